The van der Waals surface area contributed by atoms with Crippen molar-refractivity contribution in [2.75, 3.05) is 55.6 Å². The number of rotatable bonds is 7. The highest BCUT2D eigenvalue weighted by Crippen LogP contribution is 2.28. The summed E-state index contributed by atoms with van der Waals surface area (Å²) in [6, 6.07) is 4.70. The molecule has 2 fully saturated rings. The van der Waals surface area contributed by atoms with E-state index in [1.54, 1.807) is 19.1 Å². The monoisotopic (exact) mass is 424 g/mol. The third kappa shape index (κ3) is 5.60. The standard InChI is InChI=1S/C19H25FN4O4S/c1-13(25)4-5-22-6-8-23(9-7-22)17-3-2-14(10-16(17)20)24-12-15(28-19(24)27)11-21-18(26)29/h2-3,10,15H,4-9,11-12H2,1H3,(H2,21,26,29)/t15-/m0/s1. The van der Waals surface area contributed by atoms with Crippen molar-refractivity contribution >= 4 is 41.1 Å². The number of carbonyl (C=O) groups is 3. The molecule has 0 aromatic heterocycles. The van der Waals surface area contributed by atoms with Gasteiger partial charge in [0.2, 0.25) is 0 Å². The van der Waals surface area contributed by atoms with E-state index in [0.29, 0.717) is 30.9 Å². The summed E-state index contributed by atoms with van der Waals surface area (Å²) in [6.07, 6.45) is -0.549. The number of carbonyl (C=O) groups excluding carboxylic acids is 3. The van der Waals surface area contributed by atoms with Gasteiger partial charge in [0.25, 0.3) is 5.24 Å². The van der Waals surface area contributed by atoms with E-state index >= 15 is 0 Å². The third-order valence-electron chi connectivity index (χ3n) is 5.09. The SMILES string of the molecule is CC(=O)CCN1CCN(c2ccc(N3C[C@H](CNC(=O)S)OC3=O)cc2F)CC1. The van der Waals surface area contributed by atoms with Gasteiger partial charge in [-0.05, 0) is 25.1 Å². The Kier molecular flexibility index (Phi) is 6.96. The van der Waals surface area contributed by atoms with Crippen LogP contribution in [0.1, 0.15) is 13.3 Å². The predicted molar refractivity (Wildman–Crippen MR) is 110 cm³/mol. The van der Waals surface area contributed by atoms with Crippen molar-refractivity contribution in [2.45, 2.75) is 19.4 Å². The second-order valence-electron chi connectivity index (χ2n) is 7.22. The molecule has 3 rings (SSSR count). The van der Waals surface area contributed by atoms with E-state index in [1.165, 1.54) is 11.0 Å². The smallest absolute Gasteiger partial charge is 0.414 e. The fraction of sp³-hybridized carbons (Fsp3) is 0.526. The van der Waals surface area contributed by atoms with Gasteiger partial charge >= 0.3 is 6.09 Å². The number of amides is 2. The molecule has 1 aromatic carbocycles. The van der Waals surface area contributed by atoms with Crippen LogP contribution in [0.2, 0.25) is 0 Å². The second kappa shape index (κ2) is 9.45. The van der Waals surface area contributed by atoms with Crippen molar-refractivity contribution in [1.29, 1.82) is 0 Å². The van der Waals surface area contributed by atoms with Crippen LogP contribution in [0.5, 0.6) is 0 Å². The van der Waals surface area contributed by atoms with E-state index in [1.807, 2.05) is 4.90 Å². The maximum atomic E-state index is 14.8. The highest BCUT2D eigenvalue weighted by Gasteiger charge is 2.33. The molecule has 10 heteroatoms. The number of benzene rings is 1. The van der Waals surface area contributed by atoms with Crippen LogP contribution in [0, 0.1) is 5.82 Å². The first-order chi connectivity index (χ1) is 13.8. The van der Waals surface area contributed by atoms with Gasteiger partial charge in [-0.3, -0.25) is 19.4 Å². The number of thiol groups is 1. The highest BCUT2D eigenvalue weighted by molar-refractivity contribution is 7.96. The van der Waals surface area contributed by atoms with Crippen LogP contribution in [0.3, 0.4) is 0 Å². The number of halogens is 1. The van der Waals surface area contributed by atoms with Crippen molar-refractivity contribution in [3.8, 4) is 0 Å². The highest BCUT2D eigenvalue weighted by atomic mass is 32.1. The second-order valence-corrected chi connectivity index (χ2v) is 7.63. The number of hydrogen-bond acceptors (Lipinski definition) is 6. The zero-order chi connectivity index (χ0) is 21.0. The minimum atomic E-state index is -0.574. The number of nitrogens with one attached hydrogen (secondary N) is 1. The molecular formula is C19H25FN4O4S. The molecule has 0 bridgehead atoms. The molecule has 0 saturated carbocycles. The van der Waals surface area contributed by atoms with Crippen molar-refractivity contribution in [3.63, 3.8) is 0 Å². The van der Waals surface area contributed by atoms with E-state index in [9.17, 15) is 18.8 Å². The van der Waals surface area contributed by atoms with E-state index in [4.69, 9.17) is 4.74 Å². The van der Waals surface area contributed by atoms with Crippen molar-refractivity contribution < 1.29 is 23.5 Å². The third-order valence-corrected chi connectivity index (χ3v) is 5.25. The predicted octanol–water partition coefficient (Wildman–Crippen LogP) is 1.89. The summed E-state index contributed by atoms with van der Waals surface area (Å²) in [5, 5.41) is 1.98. The zero-order valence-electron chi connectivity index (χ0n) is 16.3. The maximum Gasteiger partial charge on any atom is 0.414 e. The first-order valence-electron chi connectivity index (χ1n) is 9.54. The molecule has 2 aliphatic heterocycles. The molecule has 2 aliphatic rings. The van der Waals surface area contributed by atoms with E-state index in [2.05, 4.69) is 22.8 Å². The zero-order valence-corrected chi connectivity index (χ0v) is 17.2. The summed E-state index contributed by atoms with van der Waals surface area (Å²) in [4.78, 5) is 39.6. The molecule has 8 nitrogen and oxygen atoms in total. The summed E-state index contributed by atoms with van der Waals surface area (Å²) in [7, 11) is 0. The first kappa shape index (κ1) is 21.4. The number of nitrogens with zero attached hydrogens (tertiary/aromatic N) is 3. The van der Waals surface area contributed by atoms with Crippen LogP contribution in [-0.4, -0.2) is 73.9 Å². The van der Waals surface area contributed by atoms with Crippen LogP contribution in [0.4, 0.5) is 25.4 Å². The fourth-order valence-corrected chi connectivity index (χ4v) is 3.58. The normalized spacial score (nSPS) is 20.0. The molecule has 0 aliphatic carbocycles. The Morgan fingerprint density at radius 3 is 2.62 bits per heavy atom. The molecule has 2 saturated heterocycles. The quantitative estimate of drug-likeness (QED) is 0.651. The Morgan fingerprint density at radius 1 is 1.28 bits per heavy atom. The lowest BCUT2D eigenvalue weighted by atomic mass is 10.2. The van der Waals surface area contributed by atoms with Crippen LogP contribution >= 0.6 is 12.6 Å². The number of cyclic esters (lactones) is 1. The summed E-state index contributed by atoms with van der Waals surface area (Å²) in [5.74, 6) is -0.232. The lowest BCUT2D eigenvalue weighted by Gasteiger charge is -2.36. The van der Waals surface area contributed by atoms with Gasteiger partial charge in [-0.25, -0.2) is 9.18 Å². The van der Waals surface area contributed by atoms with Crippen molar-refractivity contribution in [3.05, 3.63) is 24.0 Å². The first-order valence-corrected chi connectivity index (χ1v) is 9.99. The van der Waals surface area contributed by atoms with Crippen molar-refractivity contribution in [1.82, 2.24) is 10.2 Å². The van der Waals surface area contributed by atoms with Gasteiger partial charge in [-0.2, -0.15) is 0 Å². The number of anilines is 2. The molecule has 29 heavy (non-hydrogen) atoms. The van der Waals surface area contributed by atoms with Crippen LogP contribution in [0.25, 0.3) is 0 Å². The topological polar surface area (TPSA) is 82.2 Å². The van der Waals surface area contributed by atoms with Gasteiger partial charge in [0.15, 0.2) is 0 Å². The maximum absolute atomic E-state index is 14.8. The van der Waals surface area contributed by atoms with Crippen LogP contribution < -0.4 is 15.1 Å². The minimum absolute atomic E-state index is 0.152. The Balaban J connectivity index is 1.59. The van der Waals surface area contributed by atoms with Gasteiger partial charge in [0.1, 0.15) is 17.7 Å². The molecule has 1 aromatic rings. The molecule has 0 unspecified atom stereocenters. The summed E-state index contributed by atoms with van der Waals surface area (Å²) >= 11 is 3.61. The van der Waals surface area contributed by atoms with Crippen molar-refractivity contribution in [2.24, 2.45) is 0 Å². The van der Waals surface area contributed by atoms with Crippen LogP contribution in [0.15, 0.2) is 18.2 Å². The lowest BCUT2D eigenvalue weighted by molar-refractivity contribution is -0.117. The number of ether oxygens (including phenoxy) is 1. The molecule has 158 valence electrons. The van der Waals surface area contributed by atoms with Gasteiger partial charge in [-0.1, -0.05) is 12.6 Å². The van der Waals surface area contributed by atoms with Gasteiger partial charge in [0.05, 0.1) is 24.5 Å². The summed E-state index contributed by atoms with van der Waals surface area (Å²) < 4.78 is 20.0. The van der Waals surface area contributed by atoms with E-state index < -0.39 is 23.3 Å². The molecule has 2 amide bonds. The van der Waals surface area contributed by atoms with Gasteiger partial charge in [0, 0.05) is 39.1 Å². The molecular weight excluding hydrogens is 399 g/mol. The number of piperazine rings is 1. The molecule has 1 atom stereocenters. The Bertz CT molecular complexity index is 785. The Morgan fingerprint density at radius 2 is 2.00 bits per heavy atom. The fourth-order valence-electron chi connectivity index (χ4n) is 3.49. The average molecular weight is 424 g/mol. The summed E-state index contributed by atoms with van der Waals surface area (Å²) in [6.45, 7) is 5.58. The average Bonchev–Trinajstić information content (AvgIpc) is 3.06. The Labute approximate surface area is 174 Å². The molecule has 0 spiro atoms. The minimum Gasteiger partial charge on any atom is -0.442 e. The number of hydrogen-bond donors (Lipinski definition) is 2. The van der Waals surface area contributed by atoms with Crippen LogP contribution in [-0.2, 0) is 9.53 Å². The van der Waals surface area contributed by atoms with Gasteiger partial charge in [-0.15, -0.1) is 0 Å². The largest absolute Gasteiger partial charge is 0.442 e. The molecule has 1 N–H and O–H groups in total. The van der Waals surface area contributed by atoms with Gasteiger partial charge < -0.3 is 15.0 Å². The molecule has 2 heterocycles. The van der Waals surface area contributed by atoms with E-state index in [0.717, 1.165) is 19.6 Å². The number of ketones is 1. The number of Topliss-reactive ketones (excluding diaryl/α,β-unsaturated/α-hetero) is 1. The Hall–Kier alpha value is -2.33. The van der Waals surface area contributed by atoms with E-state index in [-0.39, 0.29) is 18.9 Å². The molecule has 0 radical (unpaired) electrons. The summed E-state index contributed by atoms with van der Waals surface area (Å²) in [5.41, 5.74) is 0.905. The lowest BCUT2D eigenvalue weighted by Crippen LogP contribution is -2.47.